The summed E-state index contributed by atoms with van der Waals surface area (Å²) in [7, 11) is 0. The van der Waals surface area contributed by atoms with Crippen LogP contribution >= 0.6 is 0 Å². The second-order valence-electron chi connectivity index (χ2n) is 5.19. The Bertz CT molecular complexity index is 713. The molecule has 5 heteroatoms. The molecule has 0 aromatic carbocycles. The van der Waals surface area contributed by atoms with Crippen LogP contribution in [0.5, 0.6) is 0 Å². The van der Waals surface area contributed by atoms with E-state index in [9.17, 15) is 10.1 Å². The zero-order valence-electron chi connectivity index (χ0n) is 10.6. The van der Waals surface area contributed by atoms with E-state index in [0.717, 1.165) is 18.4 Å². The Morgan fingerprint density at radius 3 is 2.79 bits per heavy atom. The summed E-state index contributed by atoms with van der Waals surface area (Å²) in [6, 6.07) is 3.57. The number of nitrogens with two attached hydrogens (primary N) is 1. The van der Waals surface area contributed by atoms with Crippen LogP contribution in [0.4, 0.5) is 5.82 Å². The van der Waals surface area contributed by atoms with Gasteiger partial charge in [-0.1, -0.05) is 19.3 Å². The fourth-order valence-corrected chi connectivity index (χ4v) is 3.04. The molecule has 0 saturated heterocycles. The van der Waals surface area contributed by atoms with Gasteiger partial charge in [-0.2, -0.15) is 5.26 Å². The molecule has 19 heavy (non-hydrogen) atoms. The van der Waals surface area contributed by atoms with E-state index in [1.165, 1.54) is 29.7 Å². The Hall–Kier alpha value is -2.22. The second kappa shape index (κ2) is 4.47. The van der Waals surface area contributed by atoms with Gasteiger partial charge in [0.15, 0.2) is 0 Å². The lowest BCUT2D eigenvalue weighted by atomic mass is 9.84. The highest BCUT2D eigenvalue weighted by Gasteiger charge is 2.22. The van der Waals surface area contributed by atoms with Crippen LogP contribution in [0.3, 0.4) is 0 Å². The molecule has 1 fully saturated rings. The fraction of sp³-hybridized carbons (Fsp3) is 0.429. The van der Waals surface area contributed by atoms with E-state index in [1.807, 2.05) is 6.20 Å². The maximum absolute atomic E-state index is 11.9. The van der Waals surface area contributed by atoms with Gasteiger partial charge in [-0.05, 0) is 24.3 Å². The average molecular weight is 256 g/mol. The van der Waals surface area contributed by atoms with Crippen LogP contribution < -0.4 is 11.3 Å². The molecule has 0 aliphatic heterocycles. The van der Waals surface area contributed by atoms with Gasteiger partial charge in [0.05, 0.1) is 5.56 Å². The Morgan fingerprint density at radius 2 is 2.11 bits per heavy atom. The van der Waals surface area contributed by atoms with E-state index >= 15 is 0 Å². The van der Waals surface area contributed by atoms with E-state index in [2.05, 4.69) is 11.1 Å². The van der Waals surface area contributed by atoms with Crippen LogP contribution in [0, 0.1) is 11.3 Å². The lowest BCUT2D eigenvalue weighted by molar-refractivity contribution is 0.443. The lowest BCUT2D eigenvalue weighted by Gasteiger charge is -2.20. The van der Waals surface area contributed by atoms with Gasteiger partial charge in [0, 0.05) is 12.3 Å². The van der Waals surface area contributed by atoms with E-state index in [1.54, 1.807) is 0 Å². The molecule has 0 radical (unpaired) electrons. The summed E-state index contributed by atoms with van der Waals surface area (Å²) in [5, 5.41) is 9.39. The van der Waals surface area contributed by atoms with Gasteiger partial charge >= 0.3 is 0 Å². The molecule has 2 aromatic rings. The highest BCUT2D eigenvalue weighted by Crippen LogP contribution is 2.35. The van der Waals surface area contributed by atoms with Crippen LogP contribution in [-0.4, -0.2) is 9.38 Å². The largest absolute Gasteiger partial charge is 0.385 e. The van der Waals surface area contributed by atoms with Crippen molar-refractivity contribution in [3.8, 4) is 6.07 Å². The molecule has 1 saturated carbocycles. The standard InChI is InChI=1S/C14H16N4O/c15-7-10-11(9-4-2-1-3-5-9)8-18-13(19)6-12(16)17-14(10)18/h6,8-9,17H,1-5,16H2. The number of nitrogens with zero attached hydrogens (tertiary/aromatic N) is 2. The highest BCUT2D eigenvalue weighted by atomic mass is 16.1. The summed E-state index contributed by atoms with van der Waals surface area (Å²) >= 11 is 0. The molecule has 2 heterocycles. The third-order valence-corrected chi connectivity index (χ3v) is 3.97. The van der Waals surface area contributed by atoms with E-state index < -0.39 is 0 Å². The molecule has 0 amide bonds. The predicted octanol–water partition coefficient (Wildman–Crippen LogP) is 2.13. The van der Waals surface area contributed by atoms with Crippen molar-refractivity contribution in [2.75, 3.05) is 5.73 Å². The van der Waals surface area contributed by atoms with Gasteiger partial charge in [-0.15, -0.1) is 0 Å². The third-order valence-electron chi connectivity index (χ3n) is 3.97. The quantitative estimate of drug-likeness (QED) is 0.819. The molecule has 3 N–H and O–H groups in total. The van der Waals surface area contributed by atoms with Gasteiger partial charge in [0.25, 0.3) is 5.56 Å². The number of aromatic nitrogens is 2. The number of nitrogens with one attached hydrogen (secondary N) is 1. The molecule has 0 spiro atoms. The van der Waals surface area contributed by atoms with Gasteiger partial charge in [0.1, 0.15) is 17.5 Å². The van der Waals surface area contributed by atoms with Crippen molar-refractivity contribution in [2.24, 2.45) is 0 Å². The summed E-state index contributed by atoms with van der Waals surface area (Å²) < 4.78 is 1.50. The molecule has 2 aromatic heterocycles. The first-order valence-corrected chi connectivity index (χ1v) is 6.64. The zero-order valence-corrected chi connectivity index (χ0v) is 10.6. The summed E-state index contributed by atoms with van der Waals surface area (Å²) in [6.07, 6.45) is 7.64. The highest BCUT2D eigenvalue weighted by molar-refractivity contribution is 5.63. The second-order valence-corrected chi connectivity index (χ2v) is 5.19. The van der Waals surface area contributed by atoms with Crippen LogP contribution in [-0.2, 0) is 0 Å². The minimum atomic E-state index is -0.190. The van der Waals surface area contributed by atoms with Crippen molar-refractivity contribution < 1.29 is 0 Å². The summed E-state index contributed by atoms with van der Waals surface area (Å²) in [6.45, 7) is 0. The normalized spacial score (nSPS) is 16.6. The molecule has 1 aliphatic carbocycles. The van der Waals surface area contributed by atoms with Gasteiger partial charge in [-0.3, -0.25) is 9.20 Å². The monoisotopic (exact) mass is 256 g/mol. The van der Waals surface area contributed by atoms with Crippen molar-refractivity contribution >= 4 is 11.5 Å². The first-order chi connectivity index (χ1) is 9.20. The van der Waals surface area contributed by atoms with Crippen LogP contribution in [0.25, 0.3) is 5.65 Å². The maximum Gasteiger partial charge on any atom is 0.259 e. The maximum atomic E-state index is 11.9. The van der Waals surface area contributed by atoms with Crippen LogP contribution in [0.1, 0.15) is 49.1 Å². The van der Waals surface area contributed by atoms with Crippen molar-refractivity contribution in [3.63, 3.8) is 0 Å². The van der Waals surface area contributed by atoms with Crippen LogP contribution in [0.2, 0.25) is 0 Å². The van der Waals surface area contributed by atoms with E-state index in [0.29, 0.717) is 22.9 Å². The average Bonchev–Trinajstić information content (AvgIpc) is 2.78. The predicted molar refractivity (Wildman–Crippen MR) is 73.0 cm³/mol. The number of nitrogen functional groups attached to an aromatic ring is 1. The zero-order chi connectivity index (χ0) is 13.4. The molecule has 1 aliphatic rings. The molecule has 0 unspecified atom stereocenters. The summed E-state index contributed by atoms with van der Waals surface area (Å²) in [5.74, 6) is 0.680. The summed E-state index contributed by atoms with van der Waals surface area (Å²) in [5.41, 5.74) is 7.54. The topological polar surface area (TPSA) is 87.1 Å². The number of H-pyrrole nitrogens is 1. The first kappa shape index (κ1) is 11.8. The van der Waals surface area contributed by atoms with Gasteiger partial charge in [0.2, 0.25) is 0 Å². The SMILES string of the molecule is N#Cc1c(C2CCCCC2)cn2c(=O)cc(N)[nH]c12. The number of nitriles is 1. The molecule has 98 valence electrons. The molecular formula is C14H16N4O. The Morgan fingerprint density at radius 1 is 1.37 bits per heavy atom. The number of rotatable bonds is 1. The van der Waals surface area contributed by atoms with Crippen LogP contribution in [0.15, 0.2) is 17.1 Å². The Balaban J connectivity index is 2.22. The number of fused-ring (bicyclic) bond motifs is 1. The summed E-state index contributed by atoms with van der Waals surface area (Å²) in [4.78, 5) is 14.8. The van der Waals surface area contributed by atoms with Crippen molar-refractivity contribution in [2.45, 2.75) is 38.0 Å². The van der Waals surface area contributed by atoms with Crippen molar-refractivity contribution in [1.82, 2.24) is 9.38 Å². The molecule has 5 nitrogen and oxygen atoms in total. The lowest BCUT2D eigenvalue weighted by Crippen LogP contribution is -2.13. The smallest absolute Gasteiger partial charge is 0.259 e. The van der Waals surface area contributed by atoms with E-state index in [-0.39, 0.29) is 5.56 Å². The molecule has 3 rings (SSSR count). The minimum Gasteiger partial charge on any atom is -0.385 e. The molecule has 0 atom stereocenters. The molecular weight excluding hydrogens is 240 g/mol. The first-order valence-electron chi connectivity index (χ1n) is 6.64. The Labute approximate surface area is 110 Å². The fourth-order valence-electron chi connectivity index (χ4n) is 3.04. The van der Waals surface area contributed by atoms with Gasteiger partial charge < -0.3 is 10.7 Å². The Kier molecular flexibility index (Phi) is 2.79. The van der Waals surface area contributed by atoms with Gasteiger partial charge in [-0.25, -0.2) is 0 Å². The third kappa shape index (κ3) is 1.89. The van der Waals surface area contributed by atoms with Crippen molar-refractivity contribution in [3.05, 3.63) is 33.7 Å². The minimum absolute atomic E-state index is 0.190. The number of anilines is 1. The van der Waals surface area contributed by atoms with E-state index in [4.69, 9.17) is 5.73 Å². The number of aromatic amines is 1. The van der Waals surface area contributed by atoms with Crippen molar-refractivity contribution in [1.29, 1.82) is 5.26 Å². The molecule has 0 bridgehead atoms. The number of hydrogen-bond donors (Lipinski definition) is 2. The number of hydrogen-bond acceptors (Lipinski definition) is 3.